The van der Waals surface area contributed by atoms with Crippen molar-refractivity contribution < 1.29 is 9.53 Å². The van der Waals surface area contributed by atoms with E-state index in [4.69, 9.17) is 27.9 Å². The summed E-state index contributed by atoms with van der Waals surface area (Å²) in [4.78, 5) is 18.6. The molecule has 0 atom stereocenters. The van der Waals surface area contributed by atoms with E-state index in [1.165, 1.54) is 6.20 Å². The molecular weight excluding hydrogens is 239 g/mol. The fourth-order valence-corrected chi connectivity index (χ4v) is 1.26. The van der Waals surface area contributed by atoms with E-state index < -0.39 is 5.24 Å². The van der Waals surface area contributed by atoms with E-state index in [1.54, 1.807) is 0 Å². The summed E-state index contributed by atoms with van der Waals surface area (Å²) < 4.78 is 5.28. The molecule has 1 heterocycles. The number of rotatable bonds is 4. The molecule has 0 aliphatic heterocycles. The molecule has 0 aliphatic carbocycles. The van der Waals surface area contributed by atoms with Crippen molar-refractivity contribution in [2.75, 3.05) is 0 Å². The Kier molecular flexibility index (Phi) is 4.45. The summed E-state index contributed by atoms with van der Waals surface area (Å²) in [5, 5.41) is -0.622. The number of carbonyl (C=O) groups is 1. The molecule has 0 unspecified atom stereocenters. The maximum absolute atomic E-state index is 10.8. The van der Waals surface area contributed by atoms with Crippen molar-refractivity contribution in [1.82, 2.24) is 9.97 Å². The van der Waals surface area contributed by atoms with Crippen LogP contribution >= 0.6 is 23.2 Å². The van der Waals surface area contributed by atoms with Gasteiger partial charge < -0.3 is 4.74 Å². The lowest BCUT2D eigenvalue weighted by atomic mass is 10.4. The van der Waals surface area contributed by atoms with Crippen LogP contribution in [0.3, 0.4) is 0 Å². The molecule has 1 aromatic heterocycles. The summed E-state index contributed by atoms with van der Waals surface area (Å²) in [7, 11) is 0. The molecule has 0 aliphatic rings. The molecule has 0 saturated heterocycles. The first kappa shape index (κ1) is 12.4. The first-order chi connectivity index (χ1) is 7.00. The third-order valence-corrected chi connectivity index (χ3v) is 2.04. The van der Waals surface area contributed by atoms with Gasteiger partial charge in [-0.05, 0) is 25.4 Å². The molecule has 0 fully saturated rings. The minimum Gasteiger partial charge on any atom is -0.371 e. The lowest BCUT2D eigenvalue weighted by Crippen LogP contribution is -2.07. The van der Waals surface area contributed by atoms with Gasteiger partial charge in [-0.1, -0.05) is 11.6 Å². The minimum atomic E-state index is -0.670. The van der Waals surface area contributed by atoms with Crippen LogP contribution in [0.2, 0.25) is 5.15 Å². The van der Waals surface area contributed by atoms with Gasteiger partial charge in [-0.2, -0.15) is 0 Å². The van der Waals surface area contributed by atoms with Gasteiger partial charge in [0.15, 0.2) is 5.82 Å². The third kappa shape index (κ3) is 3.74. The van der Waals surface area contributed by atoms with Crippen LogP contribution in [0, 0.1) is 0 Å². The standard InChI is InChI=1S/C9H10Cl2N2O2/c1-5(2)15-4-7-12-3-6(9(11)14)8(10)13-7/h3,5H,4H2,1-2H3. The number of aromatic nitrogens is 2. The predicted octanol–water partition coefficient (Wildman–Crippen LogP) is 2.43. The van der Waals surface area contributed by atoms with Crippen molar-refractivity contribution in [1.29, 1.82) is 0 Å². The van der Waals surface area contributed by atoms with Gasteiger partial charge in [0, 0.05) is 6.20 Å². The van der Waals surface area contributed by atoms with Gasteiger partial charge in [-0.3, -0.25) is 4.79 Å². The van der Waals surface area contributed by atoms with Gasteiger partial charge in [0.2, 0.25) is 0 Å². The number of halogens is 2. The smallest absolute Gasteiger partial charge is 0.257 e. The highest BCUT2D eigenvalue weighted by Gasteiger charge is 2.10. The molecule has 82 valence electrons. The van der Waals surface area contributed by atoms with E-state index in [1.807, 2.05) is 13.8 Å². The summed E-state index contributed by atoms with van der Waals surface area (Å²) in [5.41, 5.74) is 0.103. The van der Waals surface area contributed by atoms with Crippen LogP contribution in [0.15, 0.2) is 6.20 Å². The molecule has 0 bridgehead atoms. The zero-order chi connectivity index (χ0) is 11.4. The van der Waals surface area contributed by atoms with Gasteiger partial charge in [0.25, 0.3) is 5.24 Å². The quantitative estimate of drug-likeness (QED) is 0.607. The van der Waals surface area contributed by atoms with E-state index in [0.717, 1.165) is 0 Å². The maximum atomic E-state index is 10.8. The van der Waals surface area contributed by atoms with Gasteiger partial charge >= 0.3 is 0 Å². The molecule has 4 nitrogen and oxygen atoms in total. The zero-order valence-electron chi connectivity index (χ0n) is 8.33. The second kappa shape index (κ2) is 5.39. The van der Waals surface area contributed by atoms with Crippen molar-refractivity contribution in [3.8, 4) is 0 Å². The van der Waals surface area contributed by atoms with E-state index in [-0.39, 0.29) is 23.4 Å². The van der Waals surface area contributed by atoms with Crippen molar-refractivity contribution in [2.24, 2.45) is 0 Å². The largest absolute Gasteiger partial charge is 0.371 e. The molecule has 1 rings (SSSR count). The summed E-state index contributed by atoms with van der Waals surface area (Å²) in [6.45, 7) is 4.06. The van der Waals surface area contributed by atoms with E-state index >= 15 is 0 Å². The van der Waals surface area contributed by atoms with Gasteiger partial charge in [0.05, 0.1) is 11.7 Å². The summed E-state index contributed by atoms with van der Waals surface area (Å²) in [6, 6.07) is 0. The fourth-order valence-electron chi connectivity index (χ4n) is 0.837. The van der Waals surface area contributed by atoms with Crippen LogP contribution in [-0.4, -0.2) is 21.3 Å². The normalized spacial score (nSPS) is 10.7. The number of ether oxygens (including phenoxy) is 1. The molecular formula is C9H10Cl2N2O2. The van der Waals surface area contributed by atoms with Gasteiger partial charge in [-0.15, -0.1) is 0 Å². The maximum Gasteiger partial charge on any atom is 0.257 e. The Morgan fingerprint density at radius 1 is 1.60 bits per heavy atom. The molecule has 6 heteroatoms. The Morgan fingerprint density at radius 2 is 2.27 bits per heavy atom. The Bertz CT molecular complexity index is 369. The lowest BCUT2D eigenvalue weighted by Gasteiger charge is -2.06. The predicted molar refractivity (Wildman–Crippen MR) is 57.2 cm³/mol. The van der Waals surface area contributed by atoms with Crippen LogP contribution < -0.4 is 0 Å². The summed E-state index contributed by atoms with van der Waals surface area (Å²) >= 11 is 11.0. The second-order valence-corrected chi connectivity index (χ2v) is 3.83. The van der Waals surface area contributed by atoms with E-state index in [0.29, 0.717) is 5.82 Å². The average molecular weight is 249 g/mol. The van der Waals surface area contributed by atoms with Crippen LogP contribution in [0.1, 0.15) is 30.0 Å². The minimum absolute atomic E-state index is 0.0485. The molecule has 1 aromatic rings. The van der Waals surface area contributed by atoms with Crippen molar-refractivity contribution in [2.45, 2.75) is 26.6 Å². The van der Waals surface area contributed by atoms with Gasteiger partial charge in [0.1, 0.15) is 11.8 Å². The molecule has 0 aromatic carbocycles. The van der Waals surface area contributed by atoms with E-state index in [9.17, 15) is 4.79 Å². The van der Waals surface area contributed by atoms with Gasteiger partial charge in [-0.25, -0.2) is 9.97 Å². The Hall–Kier alpha value is -0.710. The zero-order valence-corrected chi connectivity index (χ0v) is 9.84. The monoisotopic (exact) mass is 248 g/mol. The number of carbonyl (C=O) groups excluding carboxylic acids is 1. The fraction of sp³-hybridized carbons (Fsp3) is 0.444. The van der Waals surface area contributed by atoms with Crippen molar-refractivity contribution in [3.05, 3.63) is 22.7 Å². The molecule has 0 N–H and O–H groups in total. The lowest BCUT2D eigenvalue weighted by molar-refractivity contribution is 0.0612. The molecule has 0 spiro atoms. The van der Waals surface area contributed by atoms with Crippen LogP contribution in [-0.2, 0) is 11.3 Å². The Labute approximate surface area is 97.6 Å². The molecule has 0 amide bonds. The number of hydrogen-bond acceptors (Lipinski definition) is 4. The van der Waals surface area contributed by atoms with Crippen LogP contribution in [0.25, 0.3) is 0 Å². The highest BCUT2D eigenvalue weighted by molar-refractivity contribution is 6.68. The highest BCUT2D eigenvalue weighted by atomic mass is 35.5. The number of nitrogens with zero attached hydrogens (tertiary/aromatic N) is 2. The van der Waals surface area contributed by atoms with E-state index in [2.05, 4.69) is 9.97 Å². The van der Waals surface area contributed by atoms with Crippen molar-refractivity contribution >= 4 is 28.4 Å². The highest BCUT2D eigenvalue weighted by Crippen LogP contribution is 2.14. The SMILES string of the molecule is CC(C)OCc1ncc(C(=O)Cl)c(Cl)n1. The van der Waals surface area contributed by atoms with Crippen molar-refractivity contribution in [3.63, 3.8) is 0 Å². The molecule has 0 saturated carbocycles. The number of hydrogen-bond donors (Lipinski definition) is 0. The summed E-state index contributed by atoms with van der Waals surface area (Å²) in [5.74, 6) is 0.426. The second-order valence-electron chi connectivity index (χ2n) is 3.12. The Balaban J connectivity index is 2.78. The third-order valence-electron chi connectivity index (χ3n) is 1.55. The Morgan fingerprint density at radius 3 is 2.73 bits per heavy atom. The first-order valence-corrected chi connectivity index (χ1v) is 5.09. The first-order valence-electron chi connectivity index (χ1n) is 4.33. The summed E-state index contributed by atoms with van der Waals surface area (Å²) in [6.07, 6.45) is 1.38. The average Bonchev–Trinajstić information content (AvgIpc) is 2.14. The molecule has 0 radical (unpaired) electrons. The topological polar surface area (TPSA) is 52.1 Å². The van der Waals surface area contributed by atoms with Crippen LogP contribution in [0.5, 0.6) is 0 Å². The van der Waals surface area contributed by atoms with Crippen LogP contribution in [0.4, 0.5) is 0 Å². The molecule has 15 heavy (non-hydrogen) atoms.